The second-order valence-electron chi connectivity index (χ2n) is 6.96. The van der Waals surface area contributed by atoms with E-state index in [4.69, 9.17) is 9.47 Å². The molecule has 0 saturated heterocycles. The van der Waals surface area contributed by atoms with Crippen LogP contribution in [0.5, 0.6) is 11.5 Å². The van der Waals surface area contributed by atoms with Crippen LogP contribution in [0.15, 0.2) is 77.8 Å². The number of rotatable bonds is 5. The predicted octanol–water partition coefficient (Wildman–Crippen LogP) is 4.80. The summed E-state index contributed by atoms with van der Waals surface area (Å²) in [5.41, 5.74) is 2.52. The fourth-order valence-corrected chi connectivity index (χ4v) is 4.22. The summed E-state index contributed by atoms with van der Waals surface area (Å²) in [6, 6.07) is 23.4. The molecule has 31 heavy (non-hydrogen) atoms. The number of carbonyl (C=O) groups is 1. The molecule has 4 aromatic rings. The number of nitrogens with one attached hydrogen (secondary N) is 1. The minimum absolute atomic E-state index is 0.125. The van der Waals surface area contributed by atoms with Gasteiger partial charge >= 0.3 is 0 Å². The summed E-state index contributed by atoms with van der Waals surface area (Å²) in [5, 5.41) is 14.5. The van der Waals surface area contributed by atoms with Gasteiger partial charge in [-0.3, -0.25) is 4.79 Å². The maximum absolute atomic E-state index is 12.5. The number of nitrogens with zero attached hydrogens (tertiary/aromatic N) is 2. The minimum Gasteiger partial charge on any atom is -0.486 e. The van der Waals surface area contributed by atoms with Crippen LogP contribution in [-0.2, 0) is 4.79 Å². The molecule has 6 nitrogen and oxygen atoms in total. The summed E-state index contributed by atoms with van der Waals surface area (Å²) in [6.07, 6.45) is 0. The van der Waals surface area contributed by atoms with Crippen LogP contribution in [0.25, 0.3) is 22.0 Å². The Bertz CT molecular complexity index is 1250. The molecule has 0 atom stereocenters. The number of hydrogen-bond acceptors (Lipinski definition) is 6. The lowest BCUT2D eigenvalue weighted by atomic mass is 10.1. The highest BCUT2D eigenvalue weighted by Gasteiger charge is 2.15. The van der Waals surface area contributed by atoms with Crippen LogP contribution in [0.3, 0.4) is 0 Å². The third-order valence-corrected chi connectivity index (χ3v) is 5.85. The van der Waals surface area contributed by atoms with Crippen LogP contribution in [-0.4, -0.2) is 35.1 Å². The standard InChI is InChI=1S/C24H19N3O3S/c28-22(25-17-10-11-20-21(14-17)30-13-12-29-20)15-31-24-19-9-5-4-8-18(19)23(26-27-24)16-6-2-1-3-7-16/h1-11,14H,12-13,15H2,(H,25,28). The Kier molecular flexibility index (Phi) is 5.41. The number of hydrogen-bond donors (Lipinski definition) is 1. The largest absolute Gasteiger partial charge is 0.486 e. The molecule has 0 bridgehead atoms. The third kappa shape index (κ3) is 4.18. The van der Waals surface area contributed by atoms with Gasteiger partial charge in [0.2, 0.25) is 5.91 Å². The van der Waals surface area contributed by atoms with Crippen molar-refractivity contribution in [1.29, 1.82) is 0 Å². The van der Waals surface area contributed by atoms with Gasteiger partial charge in [-0.25, -0.2) is 0 Å². The quantitative estimate of drug-likeness (QED) is 0.460. The van der Waals surface area contributed by atoms with Gasteiger partial charge in [0.1, 0.15) is 23.9 Å². The smallest absolute Gasteiger partial charge is 0.234 e. The zero-order chi connectivity index (χ0) is 21.0. The number of carbonyl (C=O) groups excluding carboxylic acids is 1. The van der Waals surface area contributed by atoms with Crippen LogP contribution >= 0.6 is 11.8 Å². The van der Waals surface area contributed by atoms with Crippen LogP contribution in [0.1, 0.15) is 0 Å². The van der Waals surface area contributed by atoms with Crippen molar-refractivity contribution < 1.29 is 14.3 Å². The SMILES string of the molecule is O=C(CSc1nnc(-c2ccccc2)c2ccccc12)Nc1ccc2c(c1)OCCO2. The zero-order valence-corrected chi connectivity index (χ0v) is 17.4. The average Bonchev–Trinajstić information content (AvgIpc) is 2.83. The fraction of sp³-hybridized carbons (Fsp3) is 0.125. The first kappa shape index (κ1) is 19.4. The highest BCUT2D eigenvalue weighted by atomic mass is 32.2. The molecule has 3 aromatic carbocycles. The van der Waals surface area contributed by atoms with Gasteiger partial charge in [-0.2, -0.15) is 0 Å². The second kappa shape index (κ2) is 8.65. The predicted molar refractivity (Wildman–Crippen MR) is 122 cm³/mol. The Morgan fingerprint density at radius 3 is 2.45 bits per heavy atom. The first-order chi connectivity index (χ1) is 15.3. The molecule has 0 fully saturated rings. The molecule has 2 heterocycles. The minimum atomic E-state index is -0.125. The maximum Gasteiger partial charge on any atom is 0.234 e. The van der Waals surface area contributed by atoms with Crippen LogP contribution in [0, 0.1) is 0 Å². The topological polar surface area (TPSA) is 73.3 Å². The summed E-state index contributed by atoms with van der Waals surface area (Å²) in [7, 11) is 0. The van der Waals surface area contributed by atoms with E-state index >= 15 is 0 Å². The molecular formula is C24H19N3O3S. The Labute approximate surface area is 183 Å². The molecule has 0 unspecified atom stereocenters. The lowest BCUT2D eigenvalue weighted by Crippen LogP contribution is -2.17. The molecule has 1 aliphatic heterocycles. The molecule has 0 aliphatic carbocycles. The van der Waals surface area contributed by atoms with Crippen molar-refractivity contribution in [3.05, 3.63) is 72.8 Å². The number of amides is 1. The van der Waals surface area contributed by atoms with Crippen molar-refractivity contribution in [3.8, 4) is 22.8 Å². The van der Waals surface area contributed by atoms with E-state index in [2.05, 4.69) is 15.5 Å². The second-order valence-corrected chi connectivity index (χ2v) is 7.92. The molecule has 5 rings (SSSR count). The van der Waals surface area contributed by atoms with E-state index in [0.29, 0.717) is 30.4 Å². The van der Waals surface area contributed by atoms with Gasteiger partial charge in [0.15, 0.2) is 11.5 Å². The van der Waals surface area contributed by atoms with Crippen molar-refractivity contribution in [2.75, 3.05) is 24.3 Å². The fourth-order valence-electron chi connectivity index (χ4n) is 3.45. The molecule has 0 spiro atoms. The number of ether oxygens (including phenoxy) is 2. The summed E-state index contributed by atoms with van der Waals surface area (Å²) >= 11 is 1.37. The number of fused-ring (bicyclic) bond motifs is 2. The summed E-state index contributed by atoms with van der Waals surface area (Å²) in [4.78, 5) is 12.5. The molecule has 1 aliphatic rings. The van der Waals surface area contributed by atoms with Gasteiger partial charge in [0.05, 0.1) is 5.75 Å². The maximum atomic E-state index is 12.5. The van der Waals surface area contributed by atoms with Crippen LogP contribution in [0.2, 0.25) is 0 Å². The first-order valence-corrected chi connectivity index (χ1v) is 10.9. The molecule has 1 amide bonds. The molecule has 7 heteroatoms. The van der Waals surface area contributed by atoms with Crippen molar-refractivity contribution in [2.24, 2.45) is 0 Å². The lowest BCUT2D eigenvalue weighted by Gasteiger charge is -2.19. The van der Waals surface area contributed by atoms with Gasteiger partial charge in [-0.15, -0.1) is 10.2 Å². The Hall–Kier alpha value is -3.58. The van der Waals surface area contributed by atoms with E-state index < -0.39 is 0 Å². The van der Waals surface area contributed by atoms with E-state index in [-0.39, 0.29) is 11.7 Å². The molecule has 154 valence electrons. The van der Waals surface area contributed by atoms with Crippen LogP contribution < -0.4 is 14.8 Å². The van der Waals surface area contributed by atoms with E-state index in [1.807, 2.05) is 54.6 Å². The first-order valence-electron chi connectivity index (χ1n) is 9.91. The van der Waals surface area contributed by atoms with E-state index in [1.165, 1.54) is 11.8 Å². The highest BCUT2D eigenvalue weighted by molar-refractivity contribution is 8.00. The van der Waals surface area contributed by atoms with Gasteiger partial charge in [0, 0.05) is 28.1 Å². The monoisotopic (exact) mass is 429 g/mol. The molecular weight excluding hydrogens is 410 g/mol. The summed E-state index contributed by atoms with van der Waals surface area (Å²) in [6.45, 7) is 1.04. The molecule has 0 saturated carbocycles. The highest BCUT2D eigenvalue weighted by Crippen LogP contribution is 2.33. The average molecular weight is 430 g/mol. The zero-order valence-electron chi connectivity index (χ0n) is 16.6. The normalized spacial score (nSPS) is 12.5. The third-order valence-electron chi connectivity index (χ3n) is 4.87. The van der Waals surface area contributed by atoms with Gasteiger partial charge in [-0.05, 0) is 12.1 Å². The molecule has 0 radical (unpaired) electrons. The molecule has 1 aromatic heterocycles. The van der Waals surface area contributed by atoms with Crippen LogP contribution in [0.4, 0.5) is 5.69 Å². The molecule has 1 N–H and O–H groups in total. The Morgan fingerprint density at radius 2 is 1.61 bits per heavy atom. The number of thioether (sulfide) groups is 1. The number of benzene rings is 3. The Balaban J connectivity index is 1.32. The van der Waals surface area contributed by atoms with Gasteiger partial charge in [0.25, 0.3) is 0 Å². The Morgan fingerprint density at radius 1 is 0.871 bits per heavy atom. The number of anilines is 1. The van der Waals surface area contributed by atoms with Crippen molar-refractivity contribution in [2.45, 2.75) is 5.03 Å². The summed E-state index contributed by atoms with van der Waals surface area (Å²) in [5.74, 6) is 1.43. The van der Waals surface area contributed by atoms with Gasteiger partial charge < -0.3 is 14.8 Å². The van der Waals surface area contributed by atoms with E-state index in [0.717, 1.165) is 27.1 Å². The van der Waals surface area contributed by atoms with Crippen molar-refractivity contribution in [1.82, 2.24) is 10.2 Å². The summed E-state index contributed by atoms with van der Waals surface area (Å²) < 4.78 is 11.1. The van der Waals surface area contributed by atoms with E-state index in [9.17, 15) is 4.79 Å². The van der Waals surface area contributed by atoms with Gasteiger partial charge in [-0.1, -0.05) is 66.4 Å². The van der Waals surface area contributed by atoms with Crippen molar-refractivity contribution in [3.63, 3.8) is 0 Å². The lowest BCUT2D eigenvalue weighted by molar-refractivity contribution is -0.113. The van der Waals surface area contributed by atoms with E-state index in [1.54, 1.807) is 18.2 Å². The number of aromatic nitrogens is 2. The van der Waals surface area contributed by atoms with Crippen molar-refractivity contribution >= 4 is 34.1 Å².